The average Bonchev–Trinajstić information content (AvgIpc) is 2.58. The van der Waals surface area contributed by atoms with Crippen LogP contribution in [0.5, 0.6) is 0 Å². The van der Waals surface area contributed by atoms with E-state index in [1.54, 1.807) is 6.92 Å². The van der Waals surface area contributed by atoms with Crippen molar-refractivity contribution in [1.82, 2.24) is 15.4 Å². The second-order valence-corrected chi connectivity index (χ2v) is 8.05. The van der Waals surface area contributed by atoms with Gasteiger partial charge in [-0.25, -0.2) is 13.1 Å². The highest BCUT2D eigenvalue weighted by atomic mass is 32.2. The van der Waals surface area contributed by atoms with E-state index in [1.165, 1.54) is 0 Å². The van der Waals surface area contributed by atoms with Crippen LogP contribution in [0.3, 0.4) is 0 Å². The van der Waals surface area contributed by atoms with Gasteiger partial charge in [-0.2, -0.15) is 0 Å². The van der Waals surface area contributed by atoms with Crippen molar-refractivity contribution in [1.29, 1.82) is 0 Å². The van der Waals surface area contributed by atoms with Crippen molar-refractivity contribution in [2.45, 2.75) is 53.4 Å². The van der Waals surface area contributed by atoms with Crippen LogP contribution in [0, 0.1) is 5.41 Å². The first-order chi connectivity index (χ1) is 11.4. The molecular formula is C16H36N4O3S. The Balaban J connectivity index is 4.47. The summed E-state index contributed by atoms with van der Waals surface area (Å²) in [6.07, 6.45) is 3.40. The van der Waals surface area contributed by atoms with Gasteiger partial charge in [0.2, 0.25) is 10.0 Å². The normalized spacial score (nSPS) is 13.1. The lowest BCUT2D eigenvalue weighted by Crippen LogP contribution is -2.40. The highest BCUT2D eigenvalue weighted by Crippen LogP contribution is 2.30. The smallest absolute Gasteiger partial charge is 0.211 e. The zero-order valence-corrected chi connectivity index (χ0v) is 16.5. The van der Waals surface area contributed by atoms with Crippen LogP contribution in [0.4, 0.5) is 0 Å². The Hall–Kier alpha value is -0.860. The Morgan fingerprint density at radius 2 is 1.75 bits per heavy atom. The van der Waals surface area contributed by atoms with E-state index in [0.29, 0.717) is 26.1 Å². The number of hydrogen-bond acceptors (Lipinski definition) is 4. The first kappa shape index (κ1) is 23.1. The van der Waals surface area contributed by atoms with Gasteiger partial charge in [0.25, 0.3) is 0 Å². The van der Waals surface area contributed by atoms with Gasteiger partial charge in [0, 0.05) is 32.8 Å². The molecule has 0 amide bonds. The first-order valence-electron chi connectivity index (χ1n) is 8.99. The average molecular weight is 365 g/mol. The Labute approximate surface area is 147 Å². The molecule has 144 valence electrons. The lowest BCUT2D eigenvalue weighted by atomic mass is 9.79. The number of rotatable bonds is 13. The van der Waals surface area contributed by atoms with Crippen LogP contribution in [0.1, 0.15) is 53.4 Å². The molecule has 0 spiro atoms. The van der Waals surface area contributed by atoms with Crippen molar-refractivity contribution in [3.63, 3.8) is 0 Å². The Kier molecular flexibility index (Phi) is 12.0. The zero-order valence-electron chi connectivity index (χ0n) is 15.7. The van der Waals surface area contributed by atoms with Crippen molar-refractivity contribution in [2.75, 3.05) is 38.5 Å². The van der Waals surface area contributed by atoms with Crippen LogP contribution in [0.15, 0.2) is 4.99 Å². The highest BCUT2D eigenvalue weighted by molar-refractivity contribution is 7.89. The number of hydrogen-bond donors (Lipinski definition) is 4. The second kappa shape index (κ2) is 12.5. The molecule has 0 saturated heterocycles. The summed E-state index contributed by atoms with van der Waals surface area (Å²) in [6, 6.07) is 0. The molecule has 0 aromatic rings. The van der Waals surface area contributed by atoms with E-state index in [2.05, 4.69) is 34.2 Å². The third kappa shape index (κ3) is 9.44. The van der Waals surface area contributed by atoms with Gasteiger partial charge in [-0.1, -0.05) is 13.8 Å². The number of aliphatic hydroxyl groups is 1. The molecule has 0 aliphatic rings. The van der Waals surface area contributed by atoms with Crippen LogP contribution in [0.25, 0.3) is 0 Å². The molecule has 24 heavy (non-hydrogen) atoms. The molecule has 0 bridgehead atoms. The standard InChI is InChI=1S/C16H36N4O3S/c1-5-16(6-2,10-13-21)14-19-15(17-7-3)18-11-9-12-20-24(22,23)8-4/h20-21H,5-14H2,1-4H3,(H2,17,18,19). The maximum Gasteiger partial charge on any atom is 0.211 e. The quantitative estimate of drug-likeness (QED) is 0.222. The van der Waals surface area contributed by atoms with Gasteiger partial charge in [-0.3, -0.25) is 4.99 Å². The fourth-order valence-corrected chi connectivity index (χ4v) is 3.02. The summed E-state index contributed by atoms with van der Waals surface area (Å²) in [4.78, 5) is 4.65. The summed E-state index contributed by atoms with van der Waals surface area (Å²) in [5.74, 6) is 0.839. The predicted molar refractivity (Wildman–Crippen MR) is 101 cm³/mol. The van der Waals surface area contributed by atoms with Gasteiger partial charge >= 0.3 is 0 Å². The molecule has 0 fully saturated rings. The number of nitrogens with zero attached hydrogens (tertiary/aromatic N) is 1. The molecule has 0 aromatic heterocycles. The molecule has 0 unspecified atom stereocenters. The number of aliphatic hydroxyl groups excluding tert-OH is 1. The SMILES string of the molecule is CCNC(=NCC(CC)(CC)CCO)NCCCNS(=O)(=O)CC. The minimum atomic E-state index is -3.12. The Morgan fingerprint density at radius 3 is 2.25 bits per heavy atom. The summed E-state index contributed by atoms with van der Waals surface area (Å²) in [5.41, 5.74) is 0.0356. The van der Waals surface area contributed by atoms with Crippen molar-refractivity contribution in [3.8, 4) is 0 Å². The van der Waals surface area contributed by atoms with E-state index in [-0.39, 0.29) is 17.8 Å². The largest absolute Gasteiger partial charge is 0.396 e. The van der Waals surface area contributed by atoms with Crippen LogP contribution >= 0.6 is 0 Å². The minimum absolute atomic E-state index is 0.0356. The van der Waals surface area contributed by atoms with Gasteiger partial charge in [0.1, 0.15) is 0 Å². The number of sulfonamides is 1. The molecule has 0 rings (SSSR count). The van der Waals surface area contributed by atoms with Gasteiger partial charge in [-0.15, -0.1) is 0 Å². The predicted octanol–water partition coefficient (Wildman–Crippen LogP) is 1.06. The molecular weight excluding hydrogens is 328 g/mol. The van der Waals surface area contributed by atoms with E-state index in [0.717, 1.165) is 31.8 Å². The van der Waals surface area contributed by atoms with Crippen LogP contribution in [-0.4, -0.2) is 58.0 Å². The van der Waals surface area contributed by atoms with Gasteiger partial charge in [-0.05, 0) is 44.9 Å². The molecule has 0 aliphatic carbocycles. The van der Waals surface area contributed by atoms with Crippen molar-refractivity contribution in [3.05, 3.63) is 0 Å². The Bertz CT molecular complexity index is 448. The summed E-state index contributed by atoms with van der Waals surface area (Å²) in [5, 5.41) is 15.7. The molecule has 4 N–H and O–H groups in total. The van der Waals surface area contributed by atoms with Crippen LogP contribution in [0.2, 0.25) is 0 Å². The monoisotopic (exact) mass is 364 g/mol. The molecule has 0 aromatic carbocycles. The van der Waals surface area contributed by atoms with E-state index in [1.807, 2.05) is 6.92 Å². The van der Waals surface area contributed by atoms with Gasteiger partial charge < -0.3 is 15.7 Å². The fourth-order valence-electron chi connectivity index (χ4n) is 2.36. The summed E-state index contributed by atoms with van der Waals surface area (Å²) in [6.45, 7) is 10.6. The fraction of sp³-hybridized carbons (Fsp3) is 0.938. The summed E-state index contributed by atoms with van der Waals surface area (Å²) < 4.78 is 25.3. The Morgan fingerprint density at radius 1 is 1.08 bits per heavy atom. The number of aliphatic imine (C=N–C) groups is 1. The highest BCUT2D eigenvalue weighted by Gasteiger charge is 2.25. The van der Waals surface area contributed by atoms with Gasteiger partial charge in [0.15, 0.2) is 5.96 Å². The maximum absolute atomic E-state index is 11.4. The molecule has 0 radical (unpaired) electrons. The molecule has 7 nitrogen and oxygen atoms in total. The summed E-state index contributed by atoms with van der Waals surface area (Å²) >= 11 is 0. The van der Waals surface area contributed by atoms with E-state index < -0.39 is 10.0 Å². The first-order valence-corrected chi connectivity index (χ1v) is 10.6. The van der Waals surface area contributed by atoms with E-state index >= 15 is 0 Å². The van der Waals surface area contributed by atoms with Crippen molar-refractivity contribution in [2.24, 2.45) is 10.4 Å². The zero-order chi connectivity index (χ0) is 18.5. The lowest BCUT2D eigenvalue weighted by molar-refractivity contribution is 0.175. The van der Waals surface area contributed by atoms with Crippen molar-refractivity contribution >= 4 is 16.0 Å². The second-order valence-electron chi connectivity index (χ2n) is 5.95. The number of nitrogens with one attached hydrogen (secondary N) is 3. The summed E-state index contributed by atoms with van der Waals surface area (Å²) in [7, 11) is -3.12. The van der Waals surface area contributed by atoms with E-state index in [9.17, 15) is 13.5 Å². The third-order valence-corrected chi connectivity index (χ3v) is 5.81. The third-order valence-electron chi connectivity index (χ3n) is 4.41. The van der Waals surface area contributed by atoms with E-state index in [4.69, 9.17) is 0 Å². The molecule has 0 atom stereocenters. The molecule has 0 aliphatic heterocycles. The van der Waals surface area contributed by atoms with Crippen LogP contribution < -0.4 is 15.4 Å². The van der Waals surface area contributed by atoms with Gasteiger partial charge in [0.05, 0.1) is 5.75 Å². The number of guanidine groups is 1. The molecule has 8 heteroatoms. The van der Waals surface area contributed by atoms with Crippen LogP contribution in [-0.2, 0) is 10.0 Å². The molecule has 0 saturated carbocycles. The maximum atomic E-state index is 11.4. The molecule has 0 heterocycles. The lowest BCUT2D eigenvalue weighted by Gasteiger charge is -2.29. The topological polar surface area (TPSA) is 103 Å². The van der Waals surface area contributed by atoms with Crippen molar-refractivity contribution < 1.29 is 13.5 Å². The minimum Gasteiger partial charge on any atom is -0.396 e.